The fourth-order valence-electron chi connectivity index (χ4n) is 4.57. The highest BCUT2D eigenvalue weighted by Gasteiger charge is 2.36. The number of pyridine rings is 2. The lowest BCUT2D eigenvalue weighted by molar-refractivity contribution is -0.139. The number of carboxylic acids is 1. The number of carbonyl (C=O) groups is 2. The van der Waals surface area contributed by atoms with Crippen molar-refractivity contribution in [1.29, 1.82) is 0 Å². The van der Waals surface area contributed by atoms with Gasteiger partial charge in [0.15, 0.2) is 0 Å². The molecule has 42 heavy (non-hydrogen) atoms. The molecule has 0 saturated carbocycles. The van der Waals surface area contributed by atoms with Crippen molar-refractivity contribution >= 4 is 28.5 Å². The zero-order valence-electron chi connectivity index (χ0n) is 22.8. The van der Waals surface area contributed by atoms with Gasteiger partial charge in [-0.15, -0.1) is 0 Å². The number of rotatable bonds is 9. The Morgan fingerprint density at radius 1 is 0.952 bits per heavy atom. The summed E-state index contributed by atoms with van der Waals surface area (Å²) < 4.78 is 67.9. The lowest BCUT2D eigenvalue weighted by Gasteiger charge is -2.20. The minimum atomic E-state index is -4.68. The molecule has 2 aromatic carbocycles. The Bertz CT molecular complexity index is 1620. The second kappa shape index (κ2) is 12.1. The van der Waals surface area contributed by atoms with Crippen LogP contribution >= 0.6 is 0 Å². The second-order valence-corrected chi connectivity index (χ2v) is 10.1. The summed E-state index contributed by atoms with van der Waals surface area (Å²) in [5, 5.41) is 14.5. The molecular weight excluding hydrogens is 559 g/mol. The van der Waals surface area contributed by atoms with Crippen LogP contribution in [-0.2, 0) is 11.2 Å². The van der Waals surface area contributed by atoms with Crippen molar-refractivity contribution < 1.29 is 36.6 Å². The highest BCUT2D eigenvalue weighted by Crippen LogP contribution is 2.33. The third kappa shape index (κ3) is 6.48. The van der Waals surface area contributed by atoms with Crippen molar-refractivity contribution in [1.82, 2.24) is 15.3 Å². The lowest BCUT2D eigenvalue weighted by atomic mass is 9.93. The largest absolute Gasteiger partial charge is 0.480 e. The number of carboxylic acid groups (broad SMARTS) is 1. The molecule has 0 spiro atoms. The van der Waals surface area contributed by atoms with Crippen LogP contribution in [0.15, 0.2) is 60.9 Å². The first-order chi connectivity index (χ1) is 19.8. The van der Waals surface area contributed by atoms with Crippen LogP contribution in [-0.4, -0.2) is 45.2 Å². The quantitative estimate of drug-likeness (QED) is 0.194. The van der Waals surface area contributed by atoms with Gasteiger partial charge in [-0.2, -0.15) is 13.2 Å². The van der Waals surface area contributed by atoms with Crippen molar-refractivity contribution in [3.05, 3.63) is 89.2 Å². The van der Waals surface area contributed by atoms with Crippen LogP contribution in [0.1, 0.15) is 48.2 Å². The van der Waals surface area contributed by atoms with E-state index in [0.717, 1.165) is 23.7 Å². The van der Waals surface area contributed by atoms with Crippen LogP contribution in [0.3, 0.4) is 0 Å². The van der Waals surface area contributed by atoms with Crippen molar-refractivity contribution in [2.45, 2.75) is 51.4 Å². The number of hydrogen-bond donors (Lipinski definition) is 3. The van der Waals surface area contributed by atoms with Crippen LogP contribution < -0.4 is 10.6 Å². The van der Waals surface area contributed by atoms with E-state index in [1.807, 2.05) is 31.3 Å². The summed E-state index contributed by atoms with van der Waals surface area (Å²) in [7, 11) is 0. The van der Waals surface area contributed by atoms with Gasteiger partial charge in [0.25, 0.3) is 5.91 Å². The highest BCUT2D eigenvalue weighted by atomic mass is 19.4. The SMILES string of the molecule is CC(C)c1cccnc1-c1ccc(C[C@H](NC(=O)c2c(F)cc(N[C@H](C)C(F)(F)F)cc2F)C(=O)O)c2cccnc12. The molecule has 0 fully saturated rings. The van der Waals surface area contributed by atoms with E-state index >= 15 is 0 Å². The first kappa shape index (κ1) is 30.4. The molecule has 0 radical (unpaired) electrons. The van der Waals surface area contributed by atoms with Gasteiger partial charge in [0.05, 0.1) is 11.2 Å². The summed E-state index contributed by atoms with van der Waals surface area (Å²) in [6.45, 7) is 4.83. The molecule has 12 heteroatoms. The Balaban J connectivity index is 1.63. The number of carbonyl (C=O) groups excluding carboxylic acids is 1. The van der Waals surface area contributed by atoms with Gasteiger partial charge >= 0.3 is 12.1 Å². The molecule has 220 valence electrons. The van der Waals surface area contributed by atoms with Crippen LogP contribution in [0.4, 0.5) is 27.6 Å². The number of aromatic nitrogens is 2. The number of hydrogen-bond acceptors (Lipinski definition) is 5. The molecule has 7 nitrogen and oxygen atoms in total. The number of fused-ring (bicyclic) bond motifs is 1. The summed E-state index contributed by atoms with van der Waals surface area (Å²) in [5.41, 5.74) is 1.84. The molecule has 0 aliphatic carbocycles. The molecule has 1 amide bonds. The van der Waals surface area contributed by atoms with Crippen molar-refractivity contribution in [2.24, 2.45) is 0 Å². The Hall–Kier alpha value is -4.61. The van der Waals surface area contributed by atoms with E-state index in [4.69, 9.17) is 0 Å². The fourth-order valence-corrected chi connectivity index (χ4v) is 4.57. The molecule has 2 atom stereocenters. The number of halogens is 5. The molecule has 0 bridgehead atoms. The predicted molar refractivity (Wildman–Crippen MR) is 147 cm³/mol. The first-order valence-electron chi connectivity index (χ1n) is 13.0. The molecule has 3 N–H and O–H groups in total. The average molecular weight is 587 g/mol. The Labute approximate surface area is 237 Å². The summed E-state index contributed by atoms with van der Waals surface area (Å²) >= 11 is 0. The van der Waals surface area contributed by atoms with Gasteiger partial charge < -0.3 is 15.7 Å². The monoisotopic (exact) mass is 586 g/mol. The maximum Gasteiger partial charge on any atom is 0.408 e. The fraction of sp³-hybridized carbons (Fsp3) is 0.267. The Kier molecular flexibility index (Phi) is 8.74. The van der Waals surface area contributed by atoms with Gasteiger partial charge in [-0.25, -0.2) is 13.6 Å². The number of nitrogens with one attached hydrogen (secondary N) is 2. The van der Waals surface area contributed by atoms with Gasteiger partial charge in [0.2, 0.25) is 0 Å². The standard InChI is InChI=1S/C30H27F5N4O3/c1-15(2)19-6-4-10-36-26(19)21-9-8-17(20-7-5-11-37-27(20)21)12-24(29(41)42)39-28(40)25-22(31)13-18(14-23(25)32)38-16(3)30(33,34)35/h4-11,13-16,24,38H,12H2,1-3H3,(H,39,40)(H,41,42)/t16-,24+/m1/s1. The molecule has 0 unspecified atom stereocenters. The first-order valence-corrected chi connectivity index (χ1v) is 13.0. The van der Waals surface area contributed by atoms with Crippen molar-refractivity contribution in [2.75, 3.05) is 5.32 Å². The highest BCUT2D eigenvalue weighted by molar-refractivity contribution is 5.98. The molecule has 4 rings (SSSR count). The molecule has 2 aromatic heterocycles. The normalized spacial score (nSPS) is 13.2. The molecule has 2 heterocycles. The van der Waals surface area contributed by atoms with Crippen molar-refractivity contribution in [3.8, 4) is 11.3 Å². The van der Waals surface area contributed by atoms with Crippen LogP contribution in [0.2, 0.25) is 0 Å². The lowest BCUT2D eigenvalue weighted by Crippen LogP contribution is -2.43. The van der Waals surface area contributed by atoms with Crippen molar-refractivity contribution in [3.63, 3.8) is 0 Å². The van der Waals surface area contributed by atoms with Crippen LogP contribution in [0, 0.1) is 11.6 Å². The van der Waals surface area contributed by atoms with Gasteiger partial charge in [0.1, 0.15) is 29.3 Å². The molecular formula is C30H27F5N4O3. The number of aliphatic carboxylic acids is 1. The number of alkyl halides is 3. The third-order valence-electron chi connectivity index (χ3n) is 6.75. The summed E-state index contributed by atoms with van der Waals surface area (Å²) in [4.78, 5) is 34.0. The zero-order chi connectivity index (χ0) is 30.8. The zero-order valence-corrected chi connectivity index (χ0v) is 22.8. The topological polar surface area (TPSA) is 104 Å². The number of benzene rings is 2. The van der Waals surface area contributed by atoms with E-state index in [1.54, 1.807) is 36.7 Å². The molecule has 4 aromatic rings. The summed E-state index contributed by atoms with van der Waals surface area (Å²) in [6, 6.07) is 8.01. The van der Waals surface area contributed by atoms with E-state index in [0.29, 0.717) is 28.6 Å². The second-order valence-electron chi connectivity index (χ2n) is 10.1. The smallest absolute Gasteiger partial charge is 0.408 e. The molecule has 0 aliphatic rings. The van der Waals surface area contributed by atoms with E-state index in [2.05, 4.69) is 15.3 Å². The predicted octanol–water partition coefficient (Wildman–Crippen LogP) is 6.49. The van der Waals surface area contributed by atoms with Gasteiger partial charge in [-0.3, -0.25) is 14.8 Å². The van der Waals surface area contributed by atoms with E-state index in [-0.39, 0.29) is 12.3 Å². The summed E-state index contributed by atoms with van der Waals surface area (Å²) in [6.07, 6.45) is -1.68. The van der Waals surface area contributed by atoms with Gasteiger partial charge in [0, 0.05) is 35.5 Å². The van der Waals surface area contributed by atoms with E-state index in [9.17, 15) is 36.6 Å². The minimum absolute atomic E-state index is 0.164. The minimum Gasteiger partial charge on any atom is -0.480 e. The third-order valence-corrected chi connectivity index (χ3v) is 6.75. The molecule has 0 aliphatic heterocycles. The summed E-state index contributed by atoms with van der Waals surface area (Å²) in [5.74, 6) is -5.58. The Morgan fingerprint density at radius 2 is 1.60 bits per heavy atom. The van der Waals surface area contributed by atoms with Gasteiger partial charge in [-0.1, -0.05) is 38.1 Å². The number of nitrogens with zero attached hydrogens (tertiary/aromatic N) is 2. The number of amides is 1. The average Bonchev–Trinajstić information content (AvgIpc) is 2.91. The molecule has 0 saturated heterocycles. The maximum atomic E-state index is 14.7. The Morgan fingerprint density at radius 3 is 2.21 bits per heavy atom. The van der Waals surface area contributed by atoms with E-state index in [1.165, 1.54) is 0 Å². The van der Waals surface area contributed by atoms with E-state index < -0.39 is 53.0 Å². The number of anilines is 1. The van der Waals surface area contributed by atoms with Crippen LogP contribution in [0.5, 0.6) is 0 Å². The van der Waals surface area contributed by atoms with Gasteiger partial charge in [-0.05, 0) is 48.2 Å². The van der Waals surface area contributed by atoms with Crippen LogP contribution in [0.25, 0.3) is 22.2 Å². The maximum absolute atomic E-state index is 14.7.